The highest BCUT2D eigenvalue weighted by atomic mass is 19.2. The zero-order chi connectivity index (χ0) is 80.5. The van der Waals surface area contributed by atoms with Gasteiger partial charge < -0.3 is 36.6 Å². The van der Waals surface area contributed by atoms with Gasteiger partial charge in [-0.15, -0.1) is 0 Å². The van der Waals surface area contributed by atoms with Crippen LogP contribution >= 0.6 is 0 Å². The average molecular weight is 1560 g/mol. The second-order valence-corrected chi connectivity index (χ2v) is 25.9. The number of halogens is 8. The number of hydrogen-bond acceptors (Lipinski definition) is 21. The summed E-state index contributed by atoms with van der Waals surface area (Å²) >= 11 is 0. The fraction of sp³-hybridized carbons (Fsp3) is 0.101. The van der Waals surface area contributed by atoms with E-state index in [1.54, 1.807) is 52.0 Å². The van der Waals surface area contributed by atoms with E-state index in [4.69, 9.17) is 5.73 Å². The summed E-state index contributed by atoms with van der Waals surface area (Å²) in [7, 11) is 0. The number of fused-ring (bicyclic) bond motifs is 7. The van der Waals surface area contributed by atoms with Crippen molar-refractivity contribution in [2.45, 2.75) is 51.9 Å². The third-order valence-electron chi connectivity index (χ3n) is 18.1. The molecule has 8 N–H and O–H groups in total. The van der Waals surface area contributed by atoms with Gasteiger partial charge in [0.05, 0.1) is 82.1 Å². The SMILES string of the molecule is CC(N)c1nc2ccc(F)cn2c(=O)c1-c1cccc(F)c1.CC(Nc1ncnc2nc[nH]c12)c1nc2ccc(F)cn2c(=O)c1-c1cccc(F)c1.C[C@@H](Nc1ncnc2nc[nH]c12)c1nc2ccc(F)cn2c(=O)c1-c1cccc(F)c1.C[C@H](Nc1ncnc2nc[nH]c12)c1nc2ccc(F)cn2c(=O)c1-c1cccc(F)c1. The highest BCUT2D eigenvalue weighted by molar-refractivity contribution is 5.85. The van der Waals surface area contributed by atoms with Crippen LogP contribution in [0, 0.1) is 46.5 Å². The third kappa shape index (κ3) is 15.4. The van der Waals surface area contributed by atoms with Crippen molar-refractivity contribution in [3.63, 3.8) is 0 Å². The number of rotatable bonds is 14. The van der Waals surface area contributed by atoms with E-state index < -0.39 is 92.9 Å². The molecule has 28 nitrogen and oxygen atoms in total. The number of H-pyrrole nitrogens is 3. The normalized spacial score (nSPS) is 12.4. The summed E-state index contributed by atoms with van der Waals surface area (Å²) < 4.78 is 115. The van der Waals surface area contributed by atoms with Crippen molar-refractivity contribution in [1.29, 1.82) is 0 Å². The number of nitrogens with one attached hydrogen (secondary N) is 6. The van der Waals surface area contributed by atoms with Crippen LogP contribution in [0.1, 0.15) is 74.6 Å². The maximum absolute atomic E-state index is 13.9. The number of pyridine rings is 4. The molecule has 0 aliphatic heterocycles. The number of aromatic amines is 3. The van der Waals surface area contributed by atoms with E-state index in [0.717, 1.165) is 42.4 Å². The quantitative estimate of drug-likeness (QED) is 0.0497. The van der Waals surface area contributed by atoms with Gasteiger partial charge in [-0.2, -0.15) is 0 Å². The molecule has 18 aromatic rings. The average Bonchev–Trinajstić information content (AvgIpc) is 1.45. The van der Waals surface area contributed by atoms with Gasteiger partial charge in [-0.1, -0.05) is 48.5 Å². The lowest BCUT2D eigenvalue weighted by atomic mass is 10.0. The van der Waals surface area contributed by atoms with Crippen LogP contribution in [-0.2, 0) is 0 Å². The molecule has 0 spiro atoms. The first-order valence-corrected chi connectivity index (χ1v) is 34.9. The van der Waals surface area contributed by atoms with Crippen LogP contribution < -0.4 is 43.9 Å². The molecule has 2 unspecified atom stereocenters. The Bertz CT molecular complexity index is 6520. The number of hydrogen-bond donors (Lipinski definition) is 7. The van der Waals surface area contributed by atoms with Crippen LogP contribution in [0.5, 0.6) is 0 Å². The number of benzene rings is 4. The molecular weight excluding hydrogens is 1500 g/mol. The summed E-state index contributed by atoms with van der Waals surface area (Å²) in [6.07, 6.45) is 12.9. The molecular formula is C79H58F8N24O4. The van der Waals surface area contributed by atoms with Crippen LogP contribution in [0.4, 0.5) is 52.6 Å². The number of anilines is 3. The number of imidazole rings is 3. The van der Waals surface area contributed by atoms with E-state index in [9.17, 15) is 54.3 Å². The predicted molar refractivity (Wildman–Crippen MR) is 411 cm³/mol. The van der Waals surface area contributed by atoms with E-state index in [0.29, 0.717) is 102 Å². The first-order valence-electron chi connectivity index (χ1n) is 34.9. The molecule has 0 radical (unpaired) electrons. The molecule has 36 heteroatoms. The van der Waals surface area contributed by atoms with Gasteiger partial charge in [0.2, 0.25) is 0 Å². The third-order valence-corrected chi connectivity index (χ3v) is 18.1. The first kappa shape index (κ1) is 75.2. The van der Waals surface area contributed by atoms with Gasteiger partial charge in [-0.25, -0.2) is 99.9 Å². The molecule has 574 valence electrons. The molecule has 14 heterocycles. The standard InChI is InChI=1S/3C21H15F2N7O.C16H13F2N3O/c3*1-11(28-20-18-19(25-9-24-18)26-10-27-20)17-16(12-3-2-4-13(22)7-12)21(31)30-8-14(23)5-6-15(30)29-17;1-9(19)15-14(10-3-2-4-11(17)7-10)16(22)21-8-12(18)5-6-13(21)20-15/h3*2-11H,1H3,(H2,24,25,26,27,28);2-9H,19H2,1H3/t2*11-;;/m10../s1. The summed E-state index contributed by atoms with van der Waals surface area (Å²) in [6.45, 7) is 7.09. The molecule has 4 aromatic carbocycles. The van der Waals surface area contributed by atoms with Crippen LogP contribution in [0.3, 0.4) is 0 Å². The Morgan fingerprint density at radius 1 is 0.322 bits per heavy atom. The Morgan fingerprint density at radius 3 is 0.826 bits per heavy atom. The van der Waals surface area contributed by atoms with E-state index in [1.807, 2.05) is 0 Å². The lowest BCUT2D eigenvalue weighted by Crippen LogP contribution is -2.23. The molecule has 115 heavy (non-hydrogen) atoms. The van der Waals surface area contributed by atoms with Crippen molar-refractivity contribution in [2.75, 3.05) is 16.0 Å². The second-order valence-electron chi connectivity index (χ2n) is 25.9. The zero-order valence-electron chi connectivity index (χ0n) is 60.3. The van der Waals surface area contributed by atoms with Crippen molar-refractivity contribution in [3.8, 4) is 44.5 Å². The Morgan fingerprint density at radius 2 is 0.574 bits per heavy atom. The molecule has 0 saturated carbocycles. The Labute approximate surface area is 640 Å². The molecule has 0 bridgehead atoms. The smallest absolute Gasteiger partial charge is 0.266 e. The number of nitrogens with zero attached hydrogens (tertiary/aromatic N) is 17. The second kappa shape index (κ2) is 31.6. The monoisotopic (exact) mass is 1560 g/mol. The topological polar surface area (TPSA) is 363 Å². The largest absolute Gasteiger partial charge is 0.360 e. The Balaban J connectivity index is 0.000000122. The van der Waals surface area contributed by atoms with Gasteiger partial charge in [0.15, 0.2) is 34.4 Å². The summed E-state index contributed by atoms with van der Waals surface area (Å²) in [5.41, 5.74) is 11.8. The minimum atomic E-state index is -0.580. The highest BCUT2D eigenvalue weighted by Crippen LogP contribution is 2.34. The lowest BCUT2D eigenvalue weighted by Gasteiger charge is -2.18. The lowest BCUT2D eigenvalue weighted by molar-refractivity contribution is 0.616. The summed E-state index contributed by atoms with van der Waals surface area (Å²) in [4.78, 5) is 117. The first-order chi connectivity index (χ1) is 55.5. The number of nitrogens with two attached hydrogens (primary N) is 1. The van der Waals surface area contributed by atoms with Gasteiger partial charge in [0.1, 0.15) is 105 Å². The van der Waals surface area contributed by atoms with Crippen LogP contribution in [0.2, 0.25) is 0 Å². The van der Waals surface area contributed by atoms with Gasteiger partial charge in [0, 0.05) is 30.8 Å². The van der Waals surface area contributed by atoms with E-state index >= 15 is 0 Å². The van der Waals surface area contributed by atoms with Crippen molar-refractivity contribution >= 4 is 73.5 Å². The van der Waals surface area contributed by atoms with Gasteiger partial charge >= 0.3 is 0 Å². The Hall–Kier alpha value is -15.2. The molecule has 0 aliphatic carbocycles. The summed E-state index contributed by atoms with van der Waals surface area (Å²) in [5, 5.41) is 9.64. The summed E-state index contributed by atoms with van der Waals surface area (Å²) in [6, 6.07) is 31.0. The van der Waals surface area contributed by atoms with Crippen molar-refractivity contribution in [2.24, 2.45) is 5.73 Å². The van der Waals surface area contributed by atoms with Gasteiger partial charge in [-0.05, 0) is 147 Å². The molecule has 4 atom stereocenters. The Kier molecular flexibility index (Phi) is 20.7. The highest BCUT2D eigenvalue weighted by Gasteiger charge is 2.27. The van der Waals surface area contributed by atoms with E-state index in [2.05, 4.69) is 95.7 Å². The van der Waals surface area contributed by atoms with Crippen LogP contribution in [0.25, 0.3) is 101 Å². The fourth-order valence-corrected chi connectivity index (χ4v) is 12.9. The van der Waals surface area contributed by atoms with Gasteiger partial charge in [0.25, 0.3) is 22.2 Å². The minimum absolute atomic E-state index is 0.164. The molecule has 0 fully saturated rings. The van der Waals surface area contributed by atoms with Crippen molar-refractivity contribution < 1.29 is 35.1 Å². The van der Waals surface area contributed by atoms with E-state index in [-0.39, 0.29) is 39.2 Å². The molecule has 0 saturated heterocycles. The molecule has 0 amide bonds. The molecule has 14 aromatic heterocycles. The van der Waals surface area contributed by atoms with Gasteiger partial charge in [-0.3, -0.25) is 36.8 Å². The van der Waals surface area contributed by atoms with Crippen LogP contribution in [-0.4, -0.2) is 97.3 Å². The fourth-order valence-electron chi connectivity index (χ4n) is 12.9. The van der Waals surface area contributed by atoms with E-state index in [1.165, 1.54) is 159 Å². The minimum Gasteiger partial charge on any atom is -0.360 e. The van der Waals surface area contributed by atoms with Crippen LogP contribution in [0.15, 0.2) is 228 Å². The maximum atomic E-state index is 13.9. The van der Waals surface area contributed by atoms with Crippen molar-refractivity contribution in [3.05, 3.63) is 319 Å². The number of aromatic nitrogens is 20. The molecule has 18 rings (SSSR count). The molecule has 0 aliphatic rings. The maximum Gasteiger partial charge on any atom is 0.266 e. The zero-order valence-corrected chi connectivity index (χ0v) is 60.3. The van der Waals surface area contributed by atoms with Crippen molar-refractivity contribution in [1.82, 2.24) is 97.3 Å². The predicted octanol–water partition coefficient (Wildman–Crippen LogP) is 13.1. The summed E-state index contributed by atoms with van der Waals surface area (Å²) in [5.74, 6) is -2.85.